The number of hydrogen-bond donors (Lipinski definition) is 0. The van der Waals surface area contributed by atoms with Crippen LogP contribution in [0.5, 0.6) is 11.5 Å². The Morgan fingerprint density at radius 2 is 1.36 bits per heavy atom. The summed E-state index contributed by atoms with van der Waals surface area (Å²) in [7, 11) is 1.69. The van der Waals surface area contributed by atoms with E-state index in [1.165, 1.54) is 27.8 Å². The molecule has 2 aliphatic rings. The second kappa shape index (κ2) is 9.97. The Morgan fingerprint density at radius 3 is 2.04 bits per heavy atom. The lowest BCUT2D eigenvalue weighted by Crippen LogP contribution is -2.35. The summed E-state index contributed by atoms with van der Waals surface area (Å²) in [6.07, 6.45) is 4.47. The van der Waals surface area contributed by atoms with Crippen LogP contribution in [0.25, 0.3) is 39.1 Å². The highest BCUT2D eigenvalue weighted by Crippen LogP contribution is 2.58. The summed E-state index contributed by atoms with van der Waals surface area (Å²) < 4.78 is 12.9. The molecule has 0 aromatic heterocycles. The van der Waals surface area contributed by atoms with Crippen LogP contribution in [0.15, 0.2) is 127 Å². The predicted octanol–water partition coefficient (Wildman–Crippen LogP) is 10.0. The van der Waals surface area contributed by atoms with Gasteiger partial charge in [0.1, 0.15) is 11.5 Å². The maximum absolute atomic E-state index is 9.72. The number of methoxy groups -OCH3 is 1. The highest BCUT2D eigenvalue weighted by Gasteiger charge is 2.44. The molecule has 1 unspecified atom stereocenters. The van der Waals surface area contributed by atoms with E-state index in [1.807, 2.05) is 24.3 Å². The van der Waals surface area contributed by atoms with Gasteiger partial charge in [0.25, 0.3) is 0 Å². The molecule has 0 saturated heterocycles. The van der Waals surface area contributed by atoms with E-state index >= 15 is 0 Å². The minimum Gasteiger partial charge on any atom is -0.497 e. The lowest BCUT2D eigenvalue weighted by atomic mass is 9.76. The molecule has 3 heteroatoms. The van der Waals surface area contributed by atoms with Gasteiger partial charge in [-0.05, 0) is 69.1 Å². The van der Waals surface area contributed by atoms with Crippen LogP contribution in [0.4, 0.5) is 0 Å². The van der Waals surface area contributed by atoms with Crippen LogP contribution in [0.3, 0.4) is 0 Å². The molecule has 0 N–H and O–H groups in total. The largest absolute Gasteiger partial charge is 0.497 e. The smallest absolute Gasteiger partial charge is 0.178 e. The van der Waals surface area contributed by atoms with E-state index in [9.17, 15) is 5.26 Å². The van der Waals surface area contributed by atoms with Crippen LogP contribution in [-0.2, 0) is 11.0 Å². The van der Waals surface area contributed by atoms with Gasteiger partial charge in [0.2, 0.25) is 0 Å². The molecule has 0 bridgehead atoms. The average Bonchev–Trinajstić information content (AvgIpc) is 3.34. The van der Waals surface area contributed by atoms with Gasteiger partial charge in [0.15, 0.2) is 5.60 Å². The zero-order valence-corrected chi connectivity index (χ0v) is 25.5. The number of ether oxygens (including phenoxy) is 2. The second-order valence-corrected chi connectivity index (χ2v) is 12.4. The first-order chi connectivity index (χ1) is 21.9. The van der Waals surface area contributed by atoms with Gasteiger partial charge in [-0.1, -0.05) is 117 Å². The van der Waals surface area contributed by atoms with Gasteiger partial charge in [-0.15, -0.1) is 0 Å². The van der Waals surface area contributed by atoms with Crippen molar-refractivity contribution in [2.24, 2.45) is 0 Å². The van der Waals surface area contributed by atoms with Gasteiger partial charge >= 0.3 is 0 Å². The third-order valence-corrected chi connectivity index (χ3v) is 9.61. The summed E-state index contributed by atoms with van der Waals surface area (Å²) >= 11 is 0. The monoisotopic (exact) mass is 581 g/mol. The maximum atomic E-state index is 9.72. The lowest BCUT2D eigenvalue weighted by molar-refractivity contribution is 0.163. The zero-order chi connectivity index (χ0) is 30.8. The lowest BCUT2D eigenvalue weighted by Gasteiger charge is -2.38. The second-order valence-electron chi connectivity index (χ2n) is 12.4. The van der Waals surface area contributed by atoms with Gasteiger partial charge in [0, 0.05) is 27.5 Å². The molecular formula is C42H31NO2. The van der Waals surface area contributed by atoms with Crippen molar-refractivity contribution in [2.45, 2.75) is 24.9 Å². The first kappa shape index (κ1) is 27.0. The minimum atomic E-state index is -0.866. The van der Waals surface area contributed by atoms with Crippen LogP contribution in [0.1, 0.15) is 47.2 Å². The normalized spacial score (nSPS) is 17.1. The molecule has 0 spiro atoms. The molecule has 1 atom stereocenters. The van der Waals surface area contributed by atoms with Crippen LogP contribution in [-0.4, -0.2) is 7.11 Å². The van der Waals surface area contributed by atoms with Crippen molar-refractivity contribution in [3.05, 3.63) is 161 Å². The van der Waals surface area contributed by atoms with Crippen LogP contribution < -0.4 is 9.47 Å². The van der Waals surface area contributed by atoms with E-state index in [4.69, 9.17) is 9.47 Å². The van der Waals surface area contributed by atoms with E-state index in [-0.39, 0.29) is 5.41 Å². The summed E-state index contributed by atoms with van der Waals surface area (Å²) in [4.78, 5) is 0. The molecule has 0 saturated carbocycles. The SMILES string of the molecule is COc1ccc(C2(c3ccc(-c4ccccc4)cc3)C=Cc3c4c(c5ccccc5c3O2)-c2ccc(C#N)cc2C4(C)C)cc1. The molecule has 1 aliphatic carbocycles. The fourth-order valence-corrected chi connectivity index (χ4v) is 7.36. The van der Waals surface area contributed by atoms with E-state index in [2.05, 4.69) is 129 Å². The molecule has 0 fully saturated rings. The molecule has 3 nitrogen and oxygen atoms in total. The molecule has 6 aromatic rings. The number of hydrogen-bond acceptors (Lipinski definition) is 3. The highest BCUT2D eigenvalue weighted by atomic mass is 16.5. The molecular weight excluding hydrogens is 550 g/mol. The number of rotatable bonds is 4. The Labute approximate surface area is 263 Å². The van der Waals surface area contributed by atoms with Gasteiger partial charge in [-0.3, -0.25) is 0 Å². The van der Waals surface area contributed by atoms with Crippen LogP contribution in [0, 0.1) is 11.3 Å². The number of fused-ring (bicyclic) bond motifs is 8. The third kappa shape index (κ3) is 3.96. The van der Waals surface area contributed by atoms with E-state index < -0.39 is 5.60 Å². The van der Waals surface area contributed by atoms with Crippen molar-refractivity contribution in [3.8, 4) is 39.8 Å². The summed E-state index contributed by atoms with van der Waals surface area (Å²) in [6.45, 7) is 4.52. The fraction of sp³-hybridized carbons (Fsp3) is 0.119. The summed E-state index contributed by atoms with van der Waals surface area (Å²) in [5, 5.41) is 11.9. The van der Waals surface area contributed by atoms with Crippen molar-refractivity contribution in [1.29, 1.82) is 5.26 Å². The number of nitriles is 1. The molecule has 1 heterocycles. The standard InChI is InChI=1S/C42H31NO2/c1-41(2)37-25-27(26-43)13-22-35(37)38-33-11-7-8-12-34(33)40-36(39(38)41)23-24-42(45-40,31-18-20-32(44-3)21-19-31)30-16-14-29(15-17-30)28-9-5-4-6-10-28/h4-25H,1-3H3. The van der Waals surface area contributed by atoms with Gasteiger partial charge in [-0.25, -0.2) is 0 Å². The number of nitrogens with zero attached hydrogens (tertiary/aromatic N) is 1. The van der Waals surface area contributed by atoms with E-state index in [0.29, 0.717) is 5.56 Å². The molecule has 45 heavy (non-hydrogen) atoms. The Kier molecular flexibility index (Phi) is 5.98. The Hall–Kier alpha value is -5.59. The first-order valence-corrected chi connectivity index (χ1v) is 15.3. The van der Waals surface area contributed by atoms with Gasteiger partial charge in [-0.2, -0.15) is 5.26 Å². The minimum absolute atomic E-state index is 0.323. The molecule has 0 amide bonds. The molecule has 1 aliphatic heterocycles. The van der Waals surface area contributed by atoms with Crippen LogP contribution in [0.2, 0.25) is 0 Å². The number of benzene rings is 6. The van der Waals surface area contributed by atoms with E-state index in [0.717, 1.165) is 44.5 Å². The quantitative estimate of drug-likeness (QED) is 0.208. The summed E-state index contributed by atoms with van der Waals surface area (Å²) in [5.74, 6) is 1.67. The fourth-order valence-electron chi connectivity index (χ4n) is 7.36. The third-order valence-electron chi connectivity index (χ3n) is 9.61. The van der Waals surface area contributed by atoms with Crippen molar-refractivity contribution in [1.82, 2.24) is 0 Å². The maximum Gasteiger partial charge on any atom is 0.178 e. The first-order valence-electron chi connectivity index (χ1n) is 15.3. The Balaban J connectivity index is 1.37. The van der Waals surface area contributed by atoms with Gasteiger partial charge < -0.3 is 9.47 Å². The van der Waals surface area contributed by atoms with E-state index in [1.54, 1.807) is 7.11 Å². The van der Waals surface area contributed by atoms with Crippen molar-refractivity contribution >= 4 is 16.8 Å². The predicted molar refractivity (Wildman–Crippen MR) is 182 cm³/mol. The topological polar surface area (TPSA) is 42.2 Å². The molecule has 216 valence electrons. The molecule has 6 aromatic carbocycles. The van der Waals surface area contributed by atoms with Crippen molar-refractivity contribution in [2.75, 3.05) is 7.11 Å². The van der Waals surface area contributed by atoms with Crippen molar-refractivity contribution < 1.29 is 9.47 Å². The molecule has 0 radical (unpaired) electrons. The van der Waals surface area contributed by atoms with Gasteiger partial charge in [0.05, 0.1) is 18.7 Å². The Bertz CT molecular complexity index is 2190. The summed E-state index contributed by atoms with van der Waals surface area (Å²) in [5.41, 5.74) is 9.79. The highest BCUT2D eigenvalue weighted by molar-refractivity contribution is 6.08. The summed E-state index contributed by atoms with van der Waals surface area (Å²) in [6, 6.07) is 44.3. The Morgan fingerprint density at radius 1 is 0.711 bits per heavy atom. The average molecular weight is 582 g/mol. The van der Waals surface area contributed by atoms with Crippen LogP contribution >= 0.6 is 0 Å². The van der Waals surface area contributed by atoms with Crippen molar-refractivity contribution in [3.63, 3.8) is 0 Å². The zero-order valence-electron chi connectivity index (χ0n) is 25.5. The molecule has 8 rings (SSSR count).